The minimum absolute atomic E-state index is 0.362. The van der Waals surface area contributed by atoms with Gasteiger partial charge in [-0.2, -0.15) is 0 Å². The largest absolute Gasteiger partial charge is 0.497 e. The quantitative estimate of drug-likeness (QED) is 0.725. The van der Waals surface area contributed by atoms with Crippen molar-refractivity contribution in [1.82, 2.24) is 5.32 Å². The van der Waals surface area contributed by atoms with Gasteiger partial charge in [-0.15, -0.1) is 6.58 Å². The first-order chi connectivity index (χ1) is 8.17. The standard InChI is InChI=1S/C15H23NO/c1-5-6-7-12(2)16-13(3)14-8-10-15(17-4)11-9-14/h5,8-13,16H,1,6-7H2,2-4H3. The molecule has 2 atom stereocenters. The van der Waals surface area contributed by atoms with Crippen molar-refractivity contribution in [2.45, 2.75) is 38.8 Å². The molecule has 2 heteroatoms. The smallest absolute Gasteiger partial charge is 0.118 e. The average molecular weight is 233 g/mol. The van der Waals surface area contributed by atoms with Crippen molar-refractivity contribution in [3.05, 3.63) is 42.5 Å². The number of hydrogen-bond donors (Lipinski definition) is 1. The zero-order valence-corrected chi connectivity index (χ0v) is 11.1. The van der Waals surface area contributed by atoms with Crippen LogP contribution in [0.1, 0.15) is 38.3 Å². The maximum atomic E-state index is 5.15. The minimum Gasteiger partial charge on any atom is -0.497 e. The summed E-state index contributed by atoms with van der Waals surface area (Å²) in [6, 6.07) is 9.09. The molecule has 0 aromatic heterocycles. The van der Waals surface area contributed by atoms with Crippen LogP contribution in [0.4, 0.5) is 0 Å². The summed E-state index contributed by atoms with van der Waals surface area (Å²) in [5.41, 5.74) is 1.29. The van der Waals surface area contributed by atoms with Crippen LogP contribution in [0.2, 0.25) is 0 Å². The van der Waals surface area contributed by atoms with Gasteiger partial charge in [-0.3, -0.25) is 0 Å². The lowest BCUT2D eigenvalue weighted by Crippen LogP contribution is -2.28. The topological polar surface area (TPSA) is 21.3 Å². The minimum atomic E-state index is 0.362. The molecular formula is C15H23NO. The van der Waals surface area contributed by atoms with Crippen molar-refractivity contribution >= 4 is 0 Å². The second kappa shape index (κ2) is 7.13. The van der Waals surface area contributed by atoms with Crippen LogP contribution in [0.25, 0.3) is 0 Å². The van der Waals surface area contributed by atoms with Crippen molar-refractivity contribution < 1.29 is 4.74 Å². The van der Waals surface area contributed by atoms with E-state index in [9.17, 15) is 0 Å². The first-order valence-corrected chi connectivity index (χ1v) is 6.18. The van der Waals surface area contributed by atoms with E-state index in [1.807, 2.05) is 18.2 Å². The van der Waals surface area contributed by atoms with Crippen molar-refractivity contribution in [3.63, 3.8) is 0 Å². The molecule has 0 bridgehead atoms. The monoisotopic (exact) mass is 233 g/mol. The van der Waals surface area contributed by atoms with Crippen LogP contribution in [0.3, 0.4) is 0 Å². The lowest BCUT2D eigenvalue weighted by atomic mass is 10.1. The third-order valence-electron chi connectivity index (χ3n) is 2.95. The van der Waals surface area contributed by atoms with E-state index in [0.29, 0.717) is 12.1 Å². The van der Waals surface area contributed by atoms with E-state index in [-0.39, 0.29) is 0 Å². The second-order valence-electron chi connectivity index (χ2n) is 4.43. The molecule has 0 spiro atoms. The van der Waals surface area contributed by atoms with E-state index in [4.69, 9.17) is 4.74 Å². The normalized spacial score (nSPS) is 14.1. The summed E-state index contributed by atoms with van der Waals surface area (Å²) in [7, 11) is 1.69. The Morgan fingerprint density at radius 3 is 2.47 bits per heavy atom. The number of methoxy groups -OCH3 is 1. The number of allylic oxidation sites excluding steroid dienone is 1. The van der Waals surface area contributed by atoms with Gasteiger partial charge in [0, 0.05) is 12.1 Å². The lowest BCUT2D eigenvalue weighted by Gasteiger charge is -2.20. The highest BCUT2D eigenvalue weighted by Gasteiger charge is 2.08. The van der Waals surface area contributed by atoms with Crippen LogP contribution < -0.4 is 10.1 Å². The van der Waals surface area contributed by atoms with Gasteiger partial charge in [-0.1, -0.05) is 18.2 Å². The van der Waals surface area contributed by atoms with Gasteiger partial charge in [0.2, 0.25) is 0 Å². The molecular weight excluding hydrogens is 210 g/mol. The zero-order valence-electron chi connectivity index (χ0n) is 11.1. The van der Waals surface area contributed by atoms with E-state index in [2.05, 4.69) is 37.9 Å². The zero-order chi connectivity index (χ0) is 12.7. The molecule has 0 heterocycles. The summed E-state index contributed by atoms with van der Waals surface area (Å²) in [4.78, 5) is 0. The highest BCUT2D eigenvalue weighted by Crippen LogP contribution is 2.18. The number of benzene rings is 1. The van der Waals surface area contributed by atoms with E-state index in [1.165, 1.54) is 5.56 Å². The SMILES string of the molecule is C=CCCC(C)NC(C)c1ccc(OC)cc1. The summed E-state index contributed by atoms with van der Waals surface area (Å²) >= 11 is 0. The molecule has 0 aliphatic heterocycles. The predicted molar refractivity (Wildman–Crippen MR) is 73.4 cm³/mol. The van der Waals surface area contributed by atoms with E-state index in [0.717, 1.165) is 18.6 Å². The van der Waals surface area contributed by atoms with Crippen molar-refractivity contribution in [2.24, 2.45) is 0 Å². The number of rotatable bonds is 7. The number of hydrogen-bond acceptors (Lipinski definition) is 2. The third kappa shape index (κ3) is 4.61. The molecule has 1 rings (SSSR count). The van der Waals surface area contributed by atoms with Gasteiger partial charge in [0.05, 0.1) is 7.11 Å². The average Bonchev–Trinajstić information content (AvgIpc) is 2.36. The fraction of sp³-hybridized carbons (Fsp3) is 0.467. The van der Waals surface area contributed by atoms with Crippen LogP contribution in [-0.2, 0) is 0 Å². The Balaban J connectivity index is 2.50. The van der Waals surface area contributed by atoms with Gasteiger partial charge in [0.1, 0.15) is 5.75 Å². The first kappa shape index (κ1) is 13.8. The van der Waals surface area contributed by atoms with E-state index in [1.54, 1.807) is 7.11 Å². The molecule has 1 N–H and O–H groups in total. The van der Waals surface area contributed by atoms with Gasteiger partial charge in [-0.05, 0) is 44.4 Å². The molecule has 17 heavy (non-hydrogen) atoms. The Bertz CT molecular complexity index is 331. The van der Waals surface area contributed by atoms with Gasteiger partial charge >= 0.3 is 0 Å². The number of ether oxygens (including phenoxy) is 1. The van der Waals surface area contributed by atoms with Crippen molar-refractivity contribution in [2.75, 3.05) is 7.11 Å². The maximum Gasteiger partial charge on any atom is 0.118 e. The summed E-state index contributed by atoms with van der Waals surface area (Å²) in [5.74, 6) is 0.903. The van der Waals surface area contributed by atoms with Crippen molar-refractivity contribution in [3.8, 4) is 5.75 Å². The summed E-state index contributed by atoms with van der Waals surface area (Å²) in [6.45, 7) is 8.15. The highest BCUT2D eigenvalue weighted by molar-refractivity contribution is 5.28. The van der Waals surface area contributed by atoms with Crippen molar-refractivity contribution in [1.29, 1.82) is 0 Å². The van der Waals surface area contributed by atoms with Crippen LogP contribution in [-0.4, -0.2) is 13.2 Å². The molecule has 0 radical (unpaired) electrons. The lowest BCUT2D eigenvalue weighted by molar-refractivity contribution is 0.414. The third-order valence-corrected chi connectivity index (χ3v) is 2.95. The molecule has 0 fully saturated rings. The Kier molecular flexibility index (Phi) is 5.78. The summed E-state index contributed by atoms with van der Waals surface area (Å²) in [6.07, 6.45) is 4.16. The fourth-order valence-electron chi connectivity index (χ4n) is 1.87. The summed E-state index contributed by atoms with van der Waals surface area (Å²) in [5, 5.41) is 3.58. The highest BCUT2D eigenvalue weighted by atomic mass is 16.5. The van der Waals surface area contributed by atoms with E-state index < -0.39 is 0 Å². The Morgan fingerprint density at radius 1 is 1.29 bits per heavy atom. The molecule has 0 aliphatic carbocycles. The van der Waals surface area contributed by atoms with Gasteiger partial charge in [-0.25, -0.2) is 0 Å². The fourth-order valence-corrected chi connectivity index (χ4v) is 1.87. The molecule has 1 aromatic rings. The molecule has 0 saturated carbocycles. The van der Waals surface area contributed by atoms with E-state index >= 15 is 0 Å². The van der Waals surface area contributed by atoms with Crippen LogP contribution in [0.15, 0.2) is 36.9 Å². The molecule has 0 saturated heterocycles. The Hall–Kier alpha value is -1.28. The molecule has 2 nitrogen and oxygen atoms in total. The van der Waals surface area contributed by atoms with Crippen LogP contribution in [0.5, 0.6) is 5.75 Å². The Morgan fingerprint density at radius 2 is 1.94 bits per heavy atom. The molecule has 0 amide bonds. The summed E-state index contributed by atoms with van der Waals surface area (Å²) < 4.78 is 5.15. The van der Waals surface area contributed by atoms with Gasteiger partial charge in [0.25, 0.3) is 0 Å². The van der Waals surface area contributed by atoms with Crippen LogP contribution in [0, 0.1) is 0 Å². The Labute approximate surface area is 105 Å². The predicted octanol–water partition coefficient (Wildman–Crippen LogP) is 3.70. The van der Waals surface area contributed by atoms with Gasteiger partial charge < -0.3 is 10.1 Å². The molecule has 1 aromatic carbocycles. The molecule has 94 valence electrons. The van der Waals surface area contributed by atoms with Crippen LogP contribution >= 0.6 is 0 Å². The molecule has 2 unspecified atom stereocenters. The maximum absolute atomic E-state index is 5.15. The molecule has 0 aliphatic rings. The second-order valence-corrected chi connectivity index (χ2v) is 4.43. The number of nitrogens with one attached hydrogen (secondary N) is 1. The van der Waals surface area contributed by atoms with Gasteiger partial charge in [0.15, 0.2) is 0 Å². The first-order valence-electron chi connectivity index (χ1n) is 6.18.